The Balaban J connectivity index is 1.11. The standard InChI is InChI=1S/C24H31N7O3S/c25-35(33,34)22-11-9-21(10-12-22)26-24(32)20-13-17-30(18-14-20)15-5-2-6-16-31-28-23(27-29-31)19-7-3-1-4-8-19/h1,3-4,7-12,20H,2,5-6,13-18H2,(H,26,32)(H2,25,33,34). The van der Waals surface area contributed by atoms with Crippen molar-refractivity contribution in [2.45, 2.75) is 43.5 Å². The van der Waals surface area contributed by atoms with Crippen LogP contribution in [0.1, 0.15) is 32.1 Å². The molecule has 0 spiro atoms. The molecule has 4 rings (SSSR count). The second-order valence-electron chi connectivity index (χ2n) is 8.81. The van der Waals surface area contributed by atoms with Gasteiger partial charge in [-0.1, -0.05) is 36.8 Å². The van der Waals surface area contributed by atoms with Crippen LogP contribution in [0.15, 0.2) is 59.5 Å². The fraction of sp³-hybridized carbons (Fsp3) is 0.417. The van der Waals surface area contributed by atoms with E-state index in [-0.39, 0.29) is 16.7 Å². The van der Waals surface area contributed by atoms with Crippen molar-refractivity contribution in [2.75, 3.05) is 25.0 Å². The van der Waals surface area contributed by atoms with Crippen molar-refractivity contribution in [2.24, 2.45) is 11.1 Å². The molecule has 1 aromatic heterocycles. The van der Waals surface area contributed by atoms with Gasteiger partial charge in [0, 0.05) is 17.2 Å². The molecule has 186 valence electrons. The number of carbonyl (C=O) groups excluding carboxylic acids is 1. The van der Waals surface area contributed by atoms with Gasteiger partial charge in [-0.25, -0.2) is 13.6 Å². The number of carbonyl (C=O) groups is 1. The number of rotatable bonds is 10. The summed E-state index contributed by atoms with van der Waals surface area (Å²) >= 11 is 0. The molecule has 1 aliphatic rings. The van der Waals surface area contributed by atoms with Crippen molar-refractivity contribution >= 4 is 21.6 Å². The van der Waals surface area contributed by atoms with Gasteiger partial charge in [-0.3, -0.25) is 4.79 Å². The summed E-state index contributed by atoms with van der Waals surface area (Å²) in [6, 6.07) is 15.7. The molecule has 1 fully saturated rings. The lowest BCUT2D eigenvalue weighted by molar-refractivity contribution is -0.121. The number of aromatic nitrogens is 4. The third-order valence-corrected chi connectivity index (χ3v) is 7.16. The predicted molar refractivity (Wildman–Crippen MR) is 133 cm³/mol. The second-order valence-corrected chi connectivity index (χ2v) is 10.4. The maximum Gasteiger partial charge on any atom is 0.238 e. The van der Waals surface area contributed by atoms with Crippen molar-refractivity contribution in [3.05, 3.63) is 54.6 Å². The topological polar surface area (TPSA) is 136 Å². The summed E-state index contributed by atoms with van der Waals surface area (Å²) in [6.07, 6.45) is 4.79. The minimum Gasteiger partial charge on any atom is -0.326 e. The Labute approximate surface area is 205 Å². The van der Waals surface area contributed by atoms with Crippen molar-refractivity contribution in [3.8, 4) is 11.4 Å². The number of primary sulfonamides is 1. The molecule has 2 heterocycles. The maximum atomic E-state index is 12.6. The van der Waals surface area contributed by atoms with Gasteiger partial charge in [0.15, 0.2) is 0 Å². The van der Waals surface area contributed by atoms with Crippen LogP contribution < -0.4 is 10.5 Å². The number of hydrogen-bond acceptors (Lipinski definition) is 7. The molecule has 35 heavy (non-hydrogen) atoms. The SMILES string of the molecule is NS(=O)(=O)c1ccc(NC(=O)C2CCN(CCCCCn3nnc(-c4ccccc4)n3)CC2)cc1. The molecule has 0 bridgehead atoms. The molecule has 10 nitrogen and oxygen atoms in total. The Morgan fingerprint density at radius 1 is 0.971 bits per heavy atom. The van der Waals surface area contributed by atoms with Gasteiger partial charge in [-0.2, -0.15) is 4.80 Å². The number of sulfonamides is 1. The highest BCUT2D eigenvalue weighted by atomic mass is 32.2. The maximum absolute atomic E-state index is 12.6. The zero-order valence-electron chi connectivity index (χ0n) is 19.6. The minimum absolute atomic E-state index is 0.0248. The first-order chi connectivity index (χ1) is 16.9. The second kappa shape index (κ2) is 11.5. The number of anilines is 1. The normalized spacial score (nSPS) is 15.2. The number of likely N-dealkylation sites (tertiary alicyclic amines) is 1. The smallest absolute Gasteiger partial charge is 0.238 e. The lowest BCUT2D eigenvalue weighted by Crippen LogP contribution is -2.38. The molecular formula is C24H31N7O3S. The van der Waals surface area contributed by atoms with Gasteiger partial charge in [-0.05, 0) is 74.8 Å². The Bertz CT molecular complexity index is 1210. The van der Waals surface area contributed by atoms with Gasteiger partial charge < -0.3 is 10.2 Å². The summed E-state index contributed by atoms with van der Waals surface area (Å²) in [5, 5.41) is 20.7. The van der Waals surface area contributed by atoms with Gasteiger partial charge in [0.1, 0.15) is 0 Å². The number of nitrogens with two attached hydrogens (primary N) is 1. The number of piperidine rings is 1. The lowest BCUT2D eigenvalue weighted by atomic mass is 9.95. The number of amides is 1. The molecule has 1 amide bonds. The van der Waals surface area contributed by atoms with E-state index < -0.39 is 10.0 Å². The van der Waals surface area contributed by atoms with Crippen molar-refractivity contribution < 1.29 is 13.2 Å². The molecule has 11 heteroatoms. The highest BCUT2D eigenvalue weighted by molar-refractivity contribution is 7.89. The molecule has 0 saturated carbocycles. The van der Waals surface area contributed by atoms with Gasteiger partial charge in [-0.15, -0.1) is 10.2 Å². The monoisotopic (exact) mass is 497 g/mol. The molecule has 1 saturated heterocycles. The quantitative estimate of drug-likeness (QED) is 0.411. The molecule has 0 unspecified atom stereocenters. The number of benzene rings is 2. The molecule has 2 aromatic carbocycles. The third-order valence-electron chi connectivity index (χ3n) is 6.23. The van der Waals surface area contributed by atoms with Crippen molar-refractivity contribution in [3.63, 3.8) is 0 Å². The largest absolute Gasteiger partial charge is 0.326 e. The van der Waals surface area contributed by atoms with Crippen LogP contribution >= 0.6 is 0 Å². The first-order valence-electron chi connectivity index (χ1n) is 11.9. The van der Waals surface area contributed by atoms with Crippen LogP contribution in [0, 0.1) is 5.92 Å². The van der Waals surface area contributed by atoms with Crippen LogP contribution in [0.5, 0.6) is 0 Å². The first kappa shape index (κ1) is 25.0. The number of unbranched alkanes of at least 4 members (excludes halogenated alkanes) is 2. The van der Waals surface area contributed by atoms with Crippen LogP contribution in [0.3, 0.4) is 0 Å². The number of hydrogen-bond donors (Lipinski definition) is 2. The Hall–Kier alpha value is -3.15. The summed E-state index contributed by atoms with van der Waals surface area (Å²) in [6.45, 7) is 3.56. The number of nitrogens with one attached hydrogen (secondary N) is 1. The van der Waals surface area contributed by atoms with Crippen molar-refractivity contribution in [1.29, 1.82) is 0 Å². The van der Waals surface area contributed by atoms with E-state index in [0.29, 0.717) is 11.5 Å². The molecule has 3 aromatic rings. The van der Waals surface area contributed by atoms with E-state index in [0.717, 1.165) is 63.8 Å². The Kier molecular flexibility index (Phi) is 8.21. The first-order valence-corrected chi connectivity index (χ1v) is 13.4. The highest BCUT2D eigenvalue weighted by Crippen LogP contribution is 2.21. The molecule has 0 atom stereocenters. The fourth-order valence-electron chi connectivity index (χ4n) is 4.20. The van der Waals surface area contributed by atoms with E-state index in [2.05, 4.69) is 25.6 Å². The van der Waals surface area contributed by atoms with Crippen LogP contribution in [0.4, 0.5) is 5.69 Å². The minimum atomic E-state index is -3.74. The van der Waals surface area contributed by atoms with Gasteiger partial charge >= 0.3 is 0 Å². The van der Waals surface area contributed by atoms with Crippen LogP contribution in [0.25, 0.3) is 11.4 Å². The number of nitrogens with zero attached hydrogens (tertiary/aromatic N) is 5. The van der Waals surface area contributed by atoms with Crippen molar-refractivity contribution in [1.82, 2.24) is 25.1 Å². The van der Waals surface area contributed by atoms with Gasteiger partial charge in [0.2, 0.25) is 21.8 Å². The predicted octanol–water partition coefficient (Wildman–Crippen LogP) is 2.51. The highest BCUT2D eigenvalue weighted by Gasteiger charge is 2.24. The lowest BCUT2D eigenvalue weighted by Gasteiger charge is -2.31. The number of aryl methyl sites for hydroxylation is 1. The van der Waals surface area contributed by atoms with E-state index in [9.17, 15) is 13.2 Å². The average molecular weight is 498 g/mol. The summed E-state index contributed by atoms with van der Waals surface area (Å²) in [5.74, 6) is 0.586. The van der Waals surface area contributed by atoms with Gasteiger partial charge in [0.05, 0.1) is 11.4 Å². The van der Waals surface area contributed by atoms with E-state index in [1.807, 2.05) is 30.3 Å². The van der Waals surface area contributed by atoms with E-state index in [4.69, 9.17) is 5.14 Å². The van der Waals surface area contributed by atoms with Gasteiger partial charge in [0.25, 0.3) is 0 Å². The number of tetrazole rings is 1. The zero-order chi connectivity index (χ0) is 24.7. The third kappa shape index (κ3) is 7.17. The summed E-state index contributed by atoms with van der Waals surface area (Å²) in [7, 11) is -3.74. The van der Waals surface area contributed by atoms with E-state index in [1.165, 1.54) is 12.1 Å². The van der Waals surface area contributed by atoms with Crippen LogP contribution in [0.2, 0.25) is 0 Å². The molecule has 3 N–H and O–H groups in total. The Morgan fingerprint density at radius 3 is 2.34 bits per heavy atom. The fourth-order valence-corrected chi connectivity index (χ4v) is 4.71. The summed E-state index contributed by atoms with van der Waals surface area (Å²) in [5.41, 5.74) is 1.54. The van der Waals surface area contributed by atoms with Crippen LogP contribution in [-0.2, 0) is 21.4 Å². The summed E-state index contributed by atoms with van der Waals surface area (Å²) < 4.78 is 22.7. The average Bonchev–Trinajstić information content (AvgIpc) is 3.33. The molecule has 0 aliphatic carbocycles. The molecule has 0 radical (unpaired) electrons. The summed E-state index contributed by atoms with van der Waals surface area (Å²) in [4.78, 5) is 16.7. The zero-order valence-corrected chi connectivity index (χ0v) is 20.4. The van der Waals surface area contributed by atoms with E-state index in [1.54, 1.807) is 16.9 Å². The molecule has 1 aliphatic heterocycles. The van der Waals surface area contributed by atoms with E-state index >= 15 is 0 Å². The van der Waals surface area contributed by atoms with Crippen LogP contribution in [-0.4, -0.2) is 59.1 Å². The Morgan fingerprint density at radius 2 is 1.66 bits per heavy atom. The molecular weight excluding hydrogens is 466 g/mol.